The fourth-order valence-electron chi connectivity index (χ4n) is 6.51. The fourth-order valence-corrected chi connectivity index (χ4v) is 7.70. The van der Waals surface area contributed by atoms with Crippen molar-refractivity contribution in [3.05, 3.63) is 119 Å². The Morgan fingerprint density at radius 2 is 1.32 bits per heavy atom. The molecule has 0 spiro atoms. The minimum Gasteiger partial charge on any atom is -0.480 e. The first kappa shape index (κ1) is 52.3. The predicted octanol–water partition coefficient (Wildman–Crippen LogP) is 4.44. The van der Waals surface area contributed by atoms with Crippen LogP contribution in [0.25, 0.3) is 0 Å². The lowest BCUT2D eigenvalue weighted by molar-refractivity contribution is -0.138. The minimum atomic E-state index is -4.22. The first-order chi connectivity index (χ1) is 31.7. The highest BCUT2D eigenvalue weighted by atomic mass is 32.2. The number of ketones is 2. The molecule has 0 radical (unpaired) electrons. The lowest BCUT2D eigenvalue weighted by Crippen LogP contribution is -2.48. The van der Waals surface area contributed by atoms with Gasteiger partial charge in [0.25, 0.3) is 5.91 Å². The van der Waals surface area contributed by atoms with Crippen molar-refractivity contribution in [1.29, 1.82) is 0 Å². The predicted molar refractivity (Wildman–Crippen MR) is 249 cm³/mol. The number of ether oxygens (including phenoxy) is 2. The number of pyridine rings is 1. The highest BCUT2D eigenvalue weighted by Gasteiger charge is 2.26. The smallest absolute Gasteiger partial charge is 0.323 e. The molecule has 0 bridgehead atoms. The number of anilines is 2. The minimum absolute atomic E-state index is 0.0535. The van der Waals surface area contributed by atoms with Crippen molar-refractivity contribution in [3.8, 4) is 0 Å². The Labute approximate surface area is 385 Å². The molecule has 0 aliphatic rings. The molecule has 66 heavy (non-hydrogen) atoms. The molecule has 0 unspecified atom stereocenters. The Balaban J connectivity index is 1.02. The van der Waals surface area contributed by atoms with Crippen molar-refractivity contribution in [1.82, 2.24) is 20.3 Å². The zero-order chi connectivity index (χ0) is 47.7. The van der Waals surface area contributed by atoms with Gasteiger partial charge in [0.05, 0.1) is 31.1 Å². The zero-order valence-electron chi connectivity index (χ0n) is 37.4. The summed E-state index contributed by atoms with van der Waals surface area (Å²) in [5.41, 5.74) is 4.63. The molecular weight excluding hydrogens is 869 g/mol. The van der Waals surface area contributed by atoms with Crippen LogP contribution in [0, 0.1) is 0 Å². The van der Waals surface area contributed by atoms with Crippen LogP contribution in [0.4, 0.5) is 11.5 Å². The average molecular weight is 929 g/mol. The molecule has 0 saturated carbocycles. The van der Waals surface area contributed by atoms with Gasteiger partial charge in [0.15, 0.2) is 0 Å². The Morgan fingerprint density at radius 3 is 2.00 bits per heavy atom. The third-order valence-corrected chi connectivity index (χ3v) is 11.6. The van der Waals surface area contributed by atoms with Crippen molar-refractivity contribution < 1.29 is 51.8 Å². The van der Waals surface area contributed by atoms with E-state index in [9.17, 15) is 42.3 Å². The summed E-state index contributed by atoms with van der Waals surface area (Å²) < 4.78 is 39.4. The lowest BCUT2D eigenvalue weighted by Gasteiger charge is -2.16. The molecule has 354 valence electrons. The van der Waals surface area contributed by atoms with E-state index < -0.39 is 34.5 Å². The first-order valence-electron chi connectivity index (χ1n) is 21.9. The number of nitrogens with zero attached hydrogens (tertiary/aromatic N) is 1. The molecular formula is C48H60N6O11S. The van der Waals surface area contributed by atoms with Gasteiger partial charge in [0.1, 0.15) is 23.4 Å². The van der Waals surface area contributed by atoms with Crippen LogP contribution >= 0.6 is 0 Å². The molecule has 3 aromatic carbocycles. The summed E-state index contributed by atoms with van der Waals surface area (Å²) in [4.78, 5) is 76.4. The Bertz CT molecular complexity index is 2320. The topological polar surface area (TPSA) is 248 Å². The van der Waals surface area contributed by atoms with Gasteiger partial charge >= 0.3 is 5.97 Å². The first-order valence-corrected chi connectivity index (χ1v) is 23.4. The fraction of sp³-hybridized carbons (Fsp3) is 0.396. The number of sulfonamides is 1. The molecule has 1 aromatic heterocycles. The van der Waals surface area contributed by atoms with Crippen LogP contribution in [0.5, 0.6) is 0 Å². The van der Waals surface area contributed by atoms with Crippen molar-refractivity contribution in [2.24, 2.45) is 0 Å². The van der Waals surface area contributed by atoms with Crippen molar-refractivity contribution in [2.75, 3.05) is 57.2 Å². The van der Waals surface area contributed by atoms with Crippen LogP contribution in [0.2, 0.25) is 0 Å². The standard InChI is InChI=1S/C48H60N6O11S/c1-34(55)32-41(56)24-16-37-14-22-40(23-15-37)53-46(58)10-4-9-45(57)50-27-29-65-31-30-64-28-5-6-35-17-25-42(26-18-35)66(62,63)54-43(48(60)61)33-51-47(59)38-19-11-36(12-20-38)13-21-39-7-3-8-44(49-2)52-39/h3,7-8,11-12,14-15,17-20,22-23,25-26,43,54H,4-6,9-10,13,16,21,24,27-33H2,1-2H3,(H,49,52)(H,50,57)(H,51,59)(H,53,58)(H,60,61)/t43-/m0/s1. The van der Waals surface area contributed by atoms with Crippen LogP contribution in [-0.4, -0.2) is 106 Å². The second-order valence-electron chi connectivity index (χ2n) is 15.5. The van der Waals surface area contributed by atoms with Crippen LogP contribution in [0.3, 0.4) is 0 Å². The number of aliphatic carboxylic acids is 1. The quantitative estimate of drug-likeness (QED) is 0.0302. The number of carbonyl (C=O) groups excluding carboxylic acids is 5. The number of carbonyl (C=O) groups is 6. The molecule has 18 heteroatoms. The Morgan fingerprint density at radius 1 is 0.682 bits per heavy atom. The van der Waals surface area contributed by atoms with Crippen molar-refractivity contribution in [3.63, 3.8) is 0 Å². The number of benzene rings is 3. The summed E-state index contributed by atoms with van der Waals surface area (Å²) in [5, 5.41) is 20.8. The molecule has 0 saturated heterocycles. The van der Waals surface area contributed by atoms with Crippen molar-refractivity contribution >= 4 is 56.8 Å². The SMILES string of the molecule is CNc1cccc(CCc2ccc(C(=O)NC[C@H](NS(=O)(=O)c3ccc(CCCOCCOCCNC(=O)CCCC(=O)Nc4ccc(CCC(=O)CC(C)=O)cc4)cc3)C(=O)O)cc2)n1. The summed E-state index contributed by atoms with van der Waals surface area (Å²) in [7, 11) is -2.42. The number of aromatic nitrogens is 1. The maximum Gasteiger partial charge on any atom is 0.323 e. The normalized spacial score (nSPS) is 11.6. The largest absolute Gasteiger partial charge is 0.480 e. The zero-order valence-corrected chi connectivity index (χ0v) is 38.3. The highest BCUT2D eigenvalue weighted by Crippen LogP contribution is 2.15. The van der Waals surface area contributed by atoms with E-state index in [0.29, 0.717) is 82.7 Å². The van der Waals surface area contributed by atoms with E-state index in [-0.39, 0.29) is 54.0 Å². The van der Waals surface area contributed by atoms with Gasteiger partial charge in [-0.25, -0.2) is 13.4 Å². The van der Waals surface area contributed by atoms with Gasteiger partial charge in [0, 0.05) is 63.0 Å². The molecule has 4 aromatic rings. The molecule has 0 aliphatic heterocycles. The molecule has 6 N–H and O–H groups in total. The molecule has 0 aliphatic carbocycles. The number of aryl methyl sites for hydroxylation is 4. The number of rotatable bonds is 31. The summed E-state index contributed by atoms with van der Waals surface area (Å²) in [6, 6.07) is 24.3. The summed E-state index contributed by atoms with van der Waals surface area (Å²) in [5.74, 6) is -1.84. The van der Waals surface area contributed by atoms with Gasteiger partial charge in [-0.2, -0.15) is 4.72 Å². The van der Waals surface area contributed by atoms with E-state index >= 15 is 0 Å². The second-order valence-corrected chi connectivity index (χ2v) is 17.2. The number of hydrogen-bond acceptors (Lipinski definition) is 12. The van der Waals surface area contributed by atoms with Crippen LogP contribution in [0.15, 0.2) is 95.9 Å². The molecule has 17 nitrogen and oxygen atoms in total. The third-order valence-electron chi connectivity index (χ3n) is 10.1. The maximum absolute atomic E-state index is 13.1. The van der Waals surface area contributed by atoms with Gasteiger partial charge in [-0.1, -0.05) is 42.5 Å². The number of hydrogen-bond donors (Lipinski definition) is 6. The van der Waals surface area contributed by atoms with Crippen LogP contribution in [0.1, 0.15) is 78.2 Å². The van der Waals surface area contributed by atoms with Gasteiger partial charge in [-0.3, -0.25) is 28.8 Å². The average Bonchev–Trinajstić information content (AvgIpc) is 3.30. The molecule has 1 atom stereocenters. The highest BCUT2D eigenvalue weighted by molar-refractivity contribution is 7.89. The molecule has 3 amide bonds. The van der Waals surface area contributed by atoms with E-state index in [0.717, 1.165) is 28.2 Å². The van der Waals surface area contributed by atoms with E-state index in [1.54, 1.807) is 43.4 Å². The third kappa shape index (κ3) is 19.8. The van der Waals surface area contributed by atoms with Gasteiger partial charge in [-0.15, -0.1) is 0 Å². The number of carboxylic acid groups (broad SMARTS) is 1. The lowest BCUT2D eigenvalue weighted by atomic mass is 10.0. The number of nitrogens with one attached hydrogen (secondary N) is 5. The molecule has 4 rings (SSSR count). The monoisotopic (exact) mass is 928 g/mol. The summed E-state index contributed by atoms with van der Waals surface area (Å²) in [6.07, 6.45) is 4.18. The van der Waals surface area contributed by atoms with Crippen LogP contribution in [-0.2, 0) is 69.2 Å². The maximum atomic E-state index is 13.1. The van der Waals surface area contributed by atoms with Crippen LogP contribution < -0.4 is 26.0 Å². The summed E-state index contributed by atoms with van der Waals surface area (Å²) in [6.45, 7) is 2.64. The number of carboxylic acids is 1. The molecule has 1 heterocycles. The van der Waals surface area contributed by atoms with Gasteiger partial charge in [0.2, 0.25) is 21.8 Å². The Hall–Kier alpha value is -6.34. The van der Waals surface area contributed by atoms with E-state index in [2.05, 4.69) is 31.0 Å². The van der Waals surface area contributed by atoms with Gasteiger partial charge in [-0.05, 0) is 111 Å². The molecule has 0 fully saturated rings. The number of amides is 3. The number of Topliss-reactive ketones (excluding diaryl/α,β-unsaturated/α-hetero) is 2. The second kappa shape index (κ2) is 27.9. The van der Waals surface area contributed by atoms with Gasteiger partial charge < -0.3 is 35.8 Å². The summed E-state index contributed by atoms with van der Waals surface area (Å²) >= 11 is 0. The van der Waals surface area contributed by atoms with E-state index in [1.807, 2.05) is 42.5 Å². The van der Waals surface area contributed by atoms with Crippen molar-refractivity contribution in [2.45, 2.75) is 82.1 Å². The van der Waals surface area contributed by atoms with E-state index in [1.165, 1.54) is 19.1 Å². The Kier molecular flexibility index (Phi) is 22.1. The van der Waals surface area contributed by atoms with E-state index in [4.69, 9.17) is 9.47 Å².